The molecule has 0 heterocycles. The zero-order chi connectivity index (χ0) is 14.2. The maximum Gasteiger partial charge on any atom is 0.00783 e. The van der Waals surface area contributed by atoms with E-state index in [0.29, 0.717) is 0 Å². The summed E-state index contributed by atoms with van der Waals surface area (Å²) in [5.74, 6) is 2.46. The highest BCUT2D eigenvalue weighted by atomic mass is 32.2. The number of rotatable bonds is 8. The second kappa shape index (κ2) is 8.63. The predicted molar refractivity (Wildman–Crippen MR) is 95.2 cm³/mol. The van der Waals surface area contributed by atoms with E-state index in [1.165, 1.54) is 57.8 Å². The van der Waals surface area contributed by atoms with E-state index in [0.717, 1.165) is 0 Å². The van der Waals surface area contributed by atoms with Crippen molar-refractivity contribution in [3.8, 4) is 0 Å². The number of unbranched alkanes of at least 4 members (excludes halogenated alkanes) is 2. The Kier molecular flexibility index (Phi) is 6.81. The van der Waals surface area contributed by atoms with E-state index in [-0.39, 0.29) is 0 Å². The fraction of sp³-hybridized carbons (Fsp3) is 0.444. The lowest BCUT2D eigenvalue weighted by Gasteiger charge is -2.06. The fourth-order valence-electron chi connectivity index (χ4n) is 2.05. The molecule has 0 aliphatic rings. The van der Waals surface area contributed by atoms with Crippen LogP contribution in [-0.2, 0) is 0 Å². The van der Waals surface area contributed by atoms with Crippen molar-refractivity contribution in [1.29, 1.82) is 0 Å². The second-order valence-corrected chi connectivity index (χ2v) is 7.41. The summed E-state index contributed by atoms with van der Waals surface area (Å²) in [5, 5.41) is 2.73. The van der Waals surface area contributed by atoms with Gasteiger partial charge in [-0.1, -0.05) is 38.8 Å². The highest BCUT2D eigenvalue weighted by Crippen LogP contribution is 2.28. The fourth-order valence-corrected chi connectivity index (χ4v) is 4.14. The number of thioether (sulfide) groups is 2. The van der Waals surface area contributed by atoms with Gasteiger partial charge in [-0.15, -0.1) is 23.5 Å². The monoisotopic (exact) mass is 304 g/mol. The van der Waals surface area contributed by atoms with Crippen LogP contribution in [-0.4, -0.2) is 11.5 Å². The topological polar surface area (TPSA) is 0 Å². The van der Waals surface area contributed by atoms with E-state index in [9.17, 15) is 0 Å². The number of fused-ring (bicyclic) bond motifs is 1. The summed E-state index contributed by atoms with van der Waals surface area (Å²) in [5.41, 5.74) is 0. The average molecular weight is 305 g/mol. The first-order valence-electron chi connectivity index (χ1n) is 7.63. The Labute approximate surface area is 131 Å². The molecule has 2 rings (SSSR count). The Balaban J connectivity index is 2.04. The molecule has 2 heteroatoms. The molecule has 0 saturated heterocycles. The molecule has 20 heavy (non-hydrogen) atoms. The molecule has 2 aromatic rings. The van der Waals surface area contributed by atoms with Crippen molar-refractivity contribution in [2.75, 3.05) is 11.5 Å². The van der Waals surface area contributed by atoms with E-state index in [1.54, 1.807) is 0 Å². The predicted octanol–water partition coefficient (Wildman–Crippen LogP) is 6.62. The van der Waals surface area contributed by atoms with Gasteiger partial charge in [-0.25, -0.2) is 0 Å². The van der Waals surface area contributed by atoms with Crippen molar-refractivity contribution in [2.24, 2.45) is 0 Å². The van der Waals surface area contributed by atoms with Crippen LogP contribution < -0.4 is 0 Å². The number of hydrogen-bond donors (Lipinski definition) is 0. The molecule has 0 radical (unpaired) electrons. The van der Waals surface area contributed by atoms with Crippen molar-refractivity contribution >= 4 is 34.3 Å². The SMILES string of the molecule is CCCCSc1ccc2cc(SCCCC)ccc2c1. The van der Waals surface area contributed by atoms with Crippen LogP contribution in [0.25, 0.3) is 10.8 Å². The lowest BCUT2D eigenvalue weighted by atomic mass is 10.1. The van der Waals surface area contributed by atoms with E-state index in [1.807, 2.05) is 23.5 Å². The van der Waals surface area contributed by atoms with Gasteiger partial charge >= 0.3 is 0 Å². The molecule has 0 bridgehead atoms. The second-order valence-electron chi connectivity index (χ2n) is 5.07. The quantitative estimate of drug-likeness (QED) is 0.397. The lowest BCUT2D eigenvalue weighted by molar-refractivity contribution is 0.896. The molecule has 2 aromatic carbocycles. The molecular formula is C18H24S2. The van der Waals surface area contributed by atoms with Crippen LogP contribution in [0.15, 0.2) is 46.2 Å². The van der Waals surface area contributed by atoms with Crippen LogP contribution in [0.1, 0.15) is 39.5 Å². The molecular weight excluding hydrogens is 280 g/mol. The van der Waals surface area contributed by atoms with Crippen LogP contribution in [0.5, 0.6) is 0 Å². The molecule has 0 nitrogen and oxygen atoms in total. The first-order valence-corrected chi connectivity index (χ1v) is 9.60. The van der Waals surface area contributed by atoms with Crippen molar-refractivity contribution in [3.63, 3.8) is 0 Å². The van der Waals surface area contributed by atoms with Crippen molar-refractivity contribution < 1.29 is 0 Å². The lowest BCUT2D eigenvalue weighted by Crippen LogP contribution is -1.82. The van der Waals surface area contributed by atoms with E-state index >= 15 is 0 Å². The van der Waals surface area contributed by atoms with Gasteiger partial charge in [-0.3, -0.25) is 0 Å². The van der Waals surface area contributed by atoms with Gasteiger partial charge in [0.05, 0.1) is 0 Å². The van der Waals surface area contributed by atoms with Crippen LogP contribution >= 0.6 is 23.5 Å². The molecule has 0 amide bonds. The molecule has 0 aromatic heterocycles. The zero-order valence-corrected chi connectivity index (χ0v) is 14.2. The molecule has 0 fully saturated rings. The van der Waals surface area contributed by atoms with Crippen molar-refractivity contribution in [1.82, 2.24) is 0 Å². The first kappa shape index (κ1) is 15.8. The summed E-state index contributed by atoms with van der Waals surface area (Å²) in [6, 6.07) is 13.7. The van der Waals surface area contributed by atoms with E-state index < -0.39 is 0 Å². The van der Waals surface area contributed by atoms with E-state index in [2.05, 4.69) is 50.2 Å². The molecule has 0 saturated carbocycles. The van der Waals surface area contributed by atoms with Crippen LogP contribution in [0.4, 0.5) is 0 Å². The first-order chi connectivity index (χ1) is 9.83. The maximum absolute atomic E-state index is 2.33. The normalized spacial score (nSPS) is 11.1. The Morgan fingerprint density at radius 1 is 0.700 bits per heavy atom. The van der Waals surface area contributed by atoms with Crippen LogP contribution in [0, 0.1) is 0 Å². The third-order valence-corrected chi connectivity index (χ3v) is 5.48. The van der Waals surface area contributed by atoms with Gasteiger partial charge in [0.1, 0.15) is 0 Å². The van der Waals surface area contributed by atoms with Gasteiger partial charge in [0, 0.05) is 9.79 Å². The molecule has 0 spiro atoms. The largest absolute Gasteiger partial charge is 0.126 e. The summed E-state index contributed by atoms with van der Waals surface area (Å²) >= 11 is 3.95. The van der Waals surface area contributed by atoms with E-state index in [4.69, 9.17) is 0 Å². The van der Waals surface area contributed by atoms with Gasteiger partial charge in [-0.05, 0) is 59.4 Å². The van der Waals surface area contributed by atoms with Crippen molar-refractivity contribution in [2.45, 2.75) is 49.3 Å². The Bertz CT molecular complexity index is 485. The minimum atomic E-state index is 1.23. The van der Waals surface area contributed by atoms with Gasteiger partial charge < -0.3 is 0 Å². The van der Waals surface area contributed by atoms with Gasteiger partial charge in [-0.2, -0.15) is 0 Å². The number of hydrogen-bond acceptors (Lipinski definition) is 2. The average Bonchev–Trinajstić information content (AvgIpc) is 2.48. The summed E-state index contributed by atoms with van der Waals surface area (Å²) in [6.45, 7) is 4.50. The maximum atomic E-state index is 2.33. The molecule has 0 atom stereocenters. The summed E-state index contributed by atoms with van der Waals surface area (Å²) in [7, 11) is 0. The molecule has 0 aliphatic heterocycles. The molecule has 108 valence electrons. The van der Waals surface area contributed by atoms with Gasteiger partial charge in [0.2, 0.25) is 0 Å². The molecule has 0 aliphatic carbocycles. The number of benzene rings is 2. The summed E-state index contributed by atoms with van der Waals surface area (Å²) < 4.78 is 0. The Morgan fingerprint density at radius 2 is 1.15 bits per heavy atom. The van der Waals surface area contributed by atoms with Gasteiger partial charge in [0.15, 0.2) is 0 Å². The smallest absolute Gasteiger partial charge is 0.00783 e. The highest BCUT2D eigenvalue weighted by molar-refractivity contribution is 7.99. The Hall–Kier alpha value is -0.600. The molecule has 0 N–H and O–H groups in total. The summed E-state index contributed by atoms with van der Waals surface area (Å²) in [6.07, 6.45) is 5.16. The summed E-state index contributed by atoms with van der Waals surface area (Å²) in [4.78, 5) is 2.80. The minimum absolute atomic E-state index is 1.23. The van der Waals surface area contributed by atoms with Gasteiger partial charge in [0.25, 0.3) is 0 Å². The third kappa shape index (κ3) is 4.75. The molecule has 0 unspecified atom stereocenters. The Morgan fingerprint density at radius 3 is 1.55 bits per heavy atom. The zero-order valence-electron chi connectivity index (χ0n) is 12.5. The van der Waals surface area contributed by atoms with Crippen LogP contribution in [0.3, 0.4) is 0 Å². The standard InChI is InChI=1S/C18H24S2/c1-3-5-11-19-17-9-7-16-14-18(20-12-6-4-2)10-8-15(16)13-17/h7-10,13-14H,3-6,11-12H2,1-2H3. The highest BCUT2D eigenvalue weighted by Gasteiger charge is 2.00. The minimum Gasteiger partial charge on any atom is -0.126 e. The van der Waals surface area contributed by atoms with Crippen molar-refractivity contribution in [3.05, 3.63) is 36.4 Å². The van der Waals surface area contributed by atoms with Crippen LogP contribution in [0.2, 0.25) is 0 Å². The third-order valence-electron chi connectivity index (χ3n) is 3.32.